The Morgan fingerprint density at radius 3 is 2.59 bits per heavy atom. The summed E-state index contributed by atoms with van der Waals surface area (Å²) < 4.78 is 1.17. The summed E-state index contributed by atoms with van der Waals surface area (Å²) in [5.41, 5.74) is 5.50. The zero-order valence-corrected chi connectivity index (χ0v) is 11.7. The molecular formula is C11H20Cl2N4. The van der Waals surface area contributed by atoms with Crippen molar-refractivity contribution in [1.29, 1.82) is 0 Å². The molecule has 0 aromatic carbocycles. The van der Waals surface area contributed by atoms with Gasteiger partial charge in [0.25, 0.3) is 0 Å². The number of rotatable bonds is 7. The summed E-state index contributed by atoms with van der Waals surface area (Å²) in [7, 11) is 0. The molecule has 0 radical (unpaired) electrons. The third-order valence-electron chi connectivity index (χ3n) is 2.47. The van der Waals surface area contributed by atoms with E-state index in [4.69, 9.17) is 23.4 Å². The van der Waals surface area contributed by atoms with E-state index in [1.807, 2.05) is 0 Å². The largest absolute Gasteiger partial charge is 0.276 e. The lowest BCUT2D eigenvalue weighted by atomic mass is 10.1. The number of hydrogen-bond donors (Lipinski definition) is 2. The number of nitrogens with zero attached hydrogens (tertiary/aromatic N) is 2. The molecule has 0 saturated carbocycles. The first-order valence-electron chi connectivity index (χ1n) is 6.13. The summed E-state index contributed by atoms with van der Waals surface area (Å²) in [6.07, 6.45) is 9.31. The monoisotopic (exact) mass is 278 g/mol. The van der Waals surface area contributed by atoms with E-state index in [2.05, 4.69) is 22.8 Å². The molecule has 0 aliphatic carbocycles. The number of amidine groups is 1. The third kappa shape index (κ3) is 6.76. The quantitative estimate of drug-likeness (QED) is 0.427. The first-order valence-corrected chi connectivity index (χ1v) is 6.85. The van der Waals surface area contributed by atoms with Gasteiger partial charge in [0.2, 0.25) is 0 Å². The highest BCUT2D eigenvalue weighted by Crippen LogP contribution is 2.06. The van der Waals surface area contributed by atoms with Crippen LogP contribution in [0.1, 0.15) is 45.4 Å². The van der Waals surface area contributed by atoms with Crippen molar-refractivity contribution in [3.63, 3.8) is 0 Å². The van der Waals surface area contributed by atoms with E-state index >= 15 is 0 Å². The maximum Gasteiger partial charge on any atom is 0.141 e. The van der Waals surface area contributed by atoms with Crippen molar-refractivity contribution in [2.24, 2.45) is 4.99 Å². The molecule has 2 N–H and O–H groups in total. The maximum atomic E-state index is 5.81. The van der Waals surface area contributed by atoms with Crippen molar-refractivity contribution >= 4 is 29.2 Å². The van der Waals surface area contributed by atoms with Crippen LogP contribution in [0, 0.1) is 0 Å². The zero-order chi connectivity index (χ0) is 12.5. The zero-order valence-electron chi connectivity index (χ0n) is 10.2. The van der Waals surface area contributed by atoms with Gasteiger partial charge in [-0.3, -0.25) is 15.8 Å². The van der Waals surface area contributed by atoms with Gasteiger partial charge in [-0.1, -0.05) is 50.6 Å². The van der Waals surface area contributed by atoms with E-state index in [1.165, 1.54) is 36.7 Å². The van der Waals surface area contributed by atoms with Crippen LogP contribution in [0.15, 0.2) is 16.2 Å². The van der Waals surface area contributed by atoms with Gasteiger partial charge in [-0.2, -0.15) is 0 Å². The van der Waals surface area contributed by atoms with E-state index in [9.17, 15) is 0 Å². The molecule has 1 aliphatic rings. The summed E-state index contributed by atoms with van der Waals surface area (Å²) in [5.74, 6) is 0.692. The van der Waals surface area contributed by atoms with Gasteiger partial charge in [-0.25, -0.2) is 0 Å². The second-order valence-corrected chi connectivity index (χ2v) is 4.78. The molecule has 0 fully saturated rings. The maximum absolute atomic E-state index is 5.81. The first-order chi connectivity index (χ1) is 8.22. The van der Waals surface area contributed by atoms with Gasteiger partial charge in [0.05, 0.1) is 0 Å². The van der Waals surface area contributed by atoms with E-state index in [1.54, 1.807) is 6.08 Å². The second kappa shape index (κ2) is 8.61. The fourth-order valence-electron chi connectivity index (χ4n) is 1.58. The summed E-state index contributed by atoms with van der Waals surface area (Å²) in [5, 5.41) is 0.459. The molecule has 0 spiro atoms. The van der Waals surface area contributed by atoms with Crippen LogP contribution in [0.5, 0.6) is 0 Å². The number of aliphatic imine (C=N–C) groups is 1. The summed E-state index contributed by atoms with van der Waals surface area (Å²) in [4.78, 5) is 4.38. The Hall–Kier alpha value is -0.450. The molecule has 0 aromatic rings. The predicted octanol–water partition coefficient (Wildman–Crippen LogP) is 3.30. The molecule has 1 aliphatic heterocycles. The normalized spacial score (nSPS) is 18.8. The molecule has 0 aromatic heterocycles. The lowest BCUT2D eigenvalue weighted by molar-refractivity contribution is 0.337. The van der Waals surface area contributed by atoms with Crippen LogP contribution >= 0.6 is 23.4 Å². The highest BCUT2D eigenvalue weighted by atomic mass is 35.5. The molecule has 6 heteroatoms. The van der Waals surface area contributed by atoms with Gasteiger partial charge >= 0.3 is 0 Å². The highest BCUT2D eigenvalue weighted by molar-refractivity contribution is 6.31. The number of halogens is 2. The Bertz CT molecular complexity index is 279. The van der Waals surface area contributed by atoms with E-state index in [0.29, 0.717) is 11.0 Å². The molecule has 17 heavy (non-hydrogen) atoms. The molecular weight excluding hydrogens is 259 g/mol. The van der Waals surface area contributed by atoms with Gasteiger partial charge in [0.1, 0.15) is 11.0 Å². The van der Waals surface area contributed by atoms with Gasteiger partial charge in [0, 0.05) is 24.4 Å². The Morgan fingerprint density at radius 1 is 1.18 bits per heavy atom. The molecule has 1 heterocycles. The van der Waals surface area contributed by atoms with Crippen LogP contribution in [-0.2, 0) is 0 Å². The molecule has 98 valence electrons. The van der Waals surface area contributed by atoms with E-state index < -0.39 is 0 Å². The van der Waals surface area contributed by atoms with Gasteiger partial charge in [0.15, 0.2) is 0 Å². The SMILES string of the molecule is CCCCCCCCN=C1C=C(Cl)NN(Cl)N1. The minimum Gasteiger partial charge on any atom is -0.276 e. The molecule has 0 amide bonds. The van der Waals surface area contributed by atoms with Gasteiger partial charge in [-0.15, -0.1) is 0 Å². The van der Waals surface area contributed by atoms with Crippen LogP contribution in [0.3, 0.4) is 0 Å². The summed E-state index contributed by atoms with van der Waals surface area (Å²) in [6.45, 7) is 3.03. The Labute approximate surface area is 113 Å². The number of hydrogen-bond acceptors (Lipinski definition) is 3. The minimum atomic E-state index is 0.459. The molecule has 0 unspecified atom stereocenters. The smallest absolute Gasteiger partial charge is 0.141 e. The molecule has 0 atom stereocenters. The average molecular weight is 279 g/mol. The van der Waals surface area contributed by atoms with Gasteiger partial charge < -0.3 is 0 Å². The molecule has 0 bridgehead atoms. The van der Waals surface area contributed by atoms with Crippen LogP contribution in [0.4, 0.5) is 0 Å². The molecule has 1 rings (SSSR count). The van der Waals surface area contributed by atoms with Crippen LogP contribution in [0.2, 0.25) is 0 Å². The standard InChI is InChI=1S/C11H20Cl2N4/c1-2-3-4-5-6-7-8-14-11-9-10(12)15-17(13)16-11/h9,15H,2-8H2,1H3,(H,14,16). The fraction of sp³-hybridized carbons (Fsp3) is 0.727. The highest BCUT2D eigenvalue weighted by Gasteiger charge is 2.10. The van der Waals surface area contributed by atoms with E-state index in [-0.39, 0.29) is 0 Å². The Kier molecular flexibility index (Phi) is 7.40. The second-order valence-electron chi connectivity index (χ2n) is 4.03. The van der Waals surface area contributed by atoms with Crippen molar-refractivity contribution in [2.45, 2.75) is 45.4 Å². The van der Waals surface area contributed by atoms with Crippen molar-refractivity contribution in [1.82, 2.24) is 15.5 Å². The Morgan fingerprint density at radius 2 is 1.88 bits per heavy atom. The van der Waals surface area contributed by atoms with Crippen LogP contribution in [-0.4, -0.2) is 17.0 Å². The predicted molar refractivity (Wildman–Crippen MR) is 73.6 cm³/mol. The third-order valence-corrected chi connectivity index (χ3v) is 2.84. The van der Waals surface area contributed by atoms with Crippen LogP contribution in [0.25, 0.3) is 0 Å². The van der Waals surface area contributed by atoms with Gasteiger partial charge in [-0.05, 0) is 11.1 Å². The van der Waals surface area contributed by atoms with Crippen molar-refractivity contribution in [2.75, 3.05) is 6.54 Å². The number of nitrogens with one attached hydrogen (secondary N) is 2. The van der Waals surface area contributed by atoms with Crippen molar-refractivity contribution in [3.05, 3.63) is 11.2 Å². The topological polar surface area (TPSA) is 39.7 Å². The summed E-state index contributed by atoms with van der Waals surface area (Å²) >= 11 is 11.5. The Balaban J connectivity index is 2.14. The number of unbranched alkanes of at least 4 members (excludes halogenated alkanes) is 5. The van der Waals surface area contributed by atoms with Crippen LogP contribution < -0.4 is 10.9 Å². The average Bonchev–Trinajstić information content (AvgIpc) is 2.26. The van der Waals surface area contributed by atoms with Crippen molar-refractivity contribution in [3.8, 4) is 0 Å². The lowest BCUT2D eigenvalue weighted by Crippen LogP contribution is -2.46. The fourth-order valence-corrected chi connectivity index (χ4v) is 1.99. The minimum absolute atomic E-state index is 0.459. The molecule has 0 saturated heterocycles. The van der Waals surface area contributed by atoms with E-state index in [0.717, 1.165) is 13.0 Å². The lowest BCUT2D eigenvalue weighted by Gasteiger charge is -2.21. The first kappa shape index (κ1) is 14.6. The number of hydrazine groups is 2. The van der Waals surface area contributed by atoms with Crippen molar-refractivity contribution < 1.29 is 0 Å². The molecule has 4 nitrogen and oxygen atoms in total. The summed E-state index contributed by atoms with van der Waals surface area (Å²) in [6, 6.07) is 0.